The van der Waals surface area contributed by atoms with Crippen LogP contribution in [0.25, 0.3) is 0 Å². The zero-order valence-electron chi connectivity index (χ0n) is 10.1. The van der Waals surface area contributed by atoms with Gasteiger partial charge in [-0.1, -0.05) is 35.3 Å². The van der Waals surface area contributed by atoms with Crippen LogP contribution in [0.3, 0.4) is 0 Å². The van der Waals surface area contributed by atoms with Gasteiger partial charge in [0.25, 0.3) is 0 Å². The van der Waals surface area contributed by atoms with E-state index < -0.39 is 5.97 Å². The average Bonchev–Trinajstić information content (AvgIpc) is 2.35. The largest absolute Gasteiger partial charge is 0.478 e. The lowest BCUT2D eigenvalue weighted by Gasteiger charge is -2.12. The van der Waals surface area contributed by atoms with Crippen LogP contribution in [0.4, 0.5) is 11.4 Å². The van der Waals surface area contributed by atoms with Crippen LogP contribution in [0.1, 0.15) is 15.9 Å². The molecule has 2 rings (SSSR count). The molecule has 0 heterocycles. The first-order valence-electron chi connectivity index (χ1n) is 5.54. The Hall–Kier alpha value is -1.71. The fourth-order valence-electron chi connectivity index (χ4n) is 1.69. The number of carbonyl (C=O) groups is 1. The summed E-state index contributed by atoms with van der Waals surface area (Å²) in [6, 6.07) is 10.2. The molecule has 0 aliphatic rings. The Morgan fingerprint density at radius 1 is 1.16 bits per heavy atom. The number of carboxylic acids is 1. The molecule has 0 bridgehead atoms. The van der Waals surface area contributed by atoms with Gasteiger partial charge < -0.3 is 10.4 Å². The molecule has 0 atom stereocenters. The monoisotopic (exact) mass is 295 g/mol. The lowest BCUT2D eigenvalue weighted by molar-refractivity contribution is 0.0698. The summed E-state index contributed by atoms with van der Waals surface area (Å²) >= 11 is 12.0. The molecular weight excluding hydrogens is 285 g/mol. The van der Waals surface area contributed by atoms with Crippen LogP contribution in [0.2, 0.25) is 10.0 Å². The smallest absolute Gasteiger partial charge is 0.337 e. The number of nitrogens with one attached hydrogen (secondary N) is 1. The summed E-state index contributed by atoms with van der Waals surface area (Å²) in [7, 11) is 0. The highest BCUT2D eigenvalue weighted by atomic mass is 35.5. The van der Waals surface area contributed by atoms with E-state index in [1.165, 1.54) is 0 Å². The SMILES string of the molecule is Cc1ccc(C(=O)O)c(Nc2cccc(Cl)c2Cl)c1. The number of aromatic carboxylic acids is 1. The van der Waals surface area contributed by atoms with Gasteiger partial charge in [0, 0.05) is 0 Å². The first-order chi connectivity index (χ1) is 8.99. The quantitative estimate of drug-likeness (QED) is 0.859. The van der Waals surface area contributed by atoms with Gasteiger partial charge in [-0.25, -0.2) is 4.79 Å². The number of aryl methyl sites for hydroxylation is 1. The molecule has 5 heteroatoms. The normalized spacial score (nSPS) is 10.3. The predicted molar refractivity (Wildman–Crippen MR) is 77.9 cm³/mol. The summed E-state index contributed by atoms with van der Waals surface area (Å²) in [6.45, 7) is 1.89. The molecule has 2 aromatic carbocycles. The van der Waals surface area contributed by atoms with E-state index in [2.05, 4.69) is 5.32 Å². The number of rotatable bonds is 3. The third-order valence-electron chi connectivity index (χ3n) is 2.63. The standard InChI is InChI=1S/C14H11Cl2NO2/c1-8-5-6-9(14(18)19)12(7-8)17-11-4-2-3-10(15)13(11)16/h2-7,17H,1H3,(H,18,19). The Kier molecular flexibility index (Phi) is 3.98. The number of benzene rings is 2. The van der Waals surface area contributed by atoms with Gasteiger partial charge in [0.05, 0.1) is 27.0 Å². The van der Waals surface area contributed by atoms with E-state index >= 15 is 0 Å². The van der Waals surface area contributed by atoms with E-state index in [-0.39, 0.29) is 5.56 Å². The van der Waals surface area contributed by atoms with Crippen molar-refractivity contribution in [1.82, 2.24) is 0 Å². The topological polar surface area (TPSA) is 49.3 Å². The van der Waals surface area contributed by atoms with E-state index in [1.54, 1.807) is 36.4 Å². The van der Waals surface area contributed by atoms with Gasteiger partial charge in [-0.15, -0.1) is 0 Å². The maximum absolute atomic E-state index is 11.2. The summed E-state index contributed by atoms with van der Waals surface area (Å²) < 4.78 is 0. The van der Waals surface area contributed by atoms with E-state index in [1.807, 2.05) is 6.92 Å². The molecule has 98 valence electrons. The molecule has 0 saturated heterocycles. The predicted octanol–water partition coefficient (Wildman–Crippen LogP) is 4.74. The van der Waals surface area contributed by atoms with E-state index in [4.69, 9.17) is 28.3 Å². The van der Waals surface area contributed by atoms with Crippen LogP contribution >= 0.6 is 23.2 Å². The Morgan fingerprint density at radius 2 is 1.89 bits per heavy atom. The van der Waals surface area contributed by atoms with Crippen molar-refractivity contribution in [3.8, 4) is 0 Å². The molecule has 0 unspecified atom stereocenters. The first kappa shape index (κ1) is 13.7. The van der Waals surface area contributed by atoms with Crippen LogP contribution in [0.15, 0.2) is 36.4 Å². The number of halogens is 2. The van der Waals surface area contributed by atoms with Crippen molar-refractivity contribution in [1.29, 1.82) is 0 Å². The lowest BCUT2D eigenvalue weighted by Crippen LogP contribution is -2.03. The maximum atomic E-state index is 11.2. The van der Waals surface area contributed by atoms with Crippen molar-refractivity contribution in [2.45, 2.75) is 6.92 Å². The summed E-state index contributed by atoms with van der Waals surface area (Å²) in [5.74, 6) is -0.999. The third kappa shape index (κ3) is 3.00. The van der Waals surface area contributed by atoms with Crippen molar-refractivity contribution in [2.24, 2.45) is 0 Å². The Bertz CT molecular complexity index is 641. The summed E-state index contributed by atoms with van der Waals surface area (Å²) in [5.41, 5.74) is 2.19. The van der Waals surface area contributed by atoms with Gasteiger partial charge in [0.15, 0.2) is 0 Å². The molecule has 3 nitrogen and oxygen atoms in total. The van der Waals surface area contributed by atoms with Gasteiger partial charge >= 0.3 is 5.97 Å². The summed E-state index contributed by atoms with van der Waals surface area (Å²) in [4.78, 5) is 11.2. The minimum Gasteiger partial charge on any atom is -0.478 e. The van der Waals surface area contributed by atoms with Crippen LogP contribution in [0.5, 0.6) is 0 Å². The molecule has 0 radical (unpaired) electrons. The molecule has 0 aliphatic carbocycles. The Balaban J connectivity index is 2.45. The van der Waals surface area contributed by atoms with Gasteiger partial charge in [-0.05, 0) is 36.8 Å². The second-order valence-electron chi connectivity index (χ2n) is 4.08. The van der Waals surface area contributed by atoms with Crippen LogP contribution < -0.4 is 5.32 Å². The van der Waals surface area contributed by atoms with Crippen molar-refractivity contribution >= 4 is 40.5 Å². The van der Waals surface area contributed by atoms with Gasteiger partial charge in [-0.3, -0.25) is 0 Å². The maximum Gasteiger partial charge on any atom is 0.337 e. The van der Waals surface area contributed by atoms with Crippen molar-refractivity contribution in [3.63, 3.8) is 0 Å². The second kappa shape index (κ2) is 5.51. The van der Waals surface area contributed by atoms with E-state index in [9.17, 15) is 4.79 Å². The molecule has 0 amide bonds. The minimum atomic E-state index is -0.999. The van der Waals surface area contributed by atoms with Crippen LogP contribution in [-0.4, -0.2) is 11.1 Å². The second-order valence-corrected chi connectivity index (χ2v) is 4.87. The van der Waals surface area contributed by atoms with Gasteiger partial charge in [0.2, 0.25) is 0 Å². The molecule has 0 spiro atoms. The molecular formula is C14H11Cl2NO2. The highest BCUT2D eigenvalue weighted by molar-refractivity contribution is 6.43. The Labute approximate surface area is 120 Å². The first-order valence-corrected chi connectivity index (χ1v) is 6.29. The summed E-state index contributed by atoms with van der Waals surface area (Å²) in [5, 5.41) is 12.9. The lowest BCUT2D eigenvalue weighted by atomic mass is 10.1. The van der Waals surface area contributed by atoms with Crippen molar-refractivity contribution < 1.29 is 9.90 Å². The van der Waals surface area contributed by atoms with E-state index in [0.29, 0.717) is 21.4 Å². The minimum absolute atomic E-state index is 0.182. The van der Waals surface area contributed by atoms with Crippen molar-refractivity contribution in [2.75, 3.05) is 5.32 Å². The molecule has 19 heavy (non-hydrogen) atoms. The summed E-state index contributed by atoms with van der Waals surface area (Å²) in [6.07, 6.45) is 0. The van der Waals surface area contributed by atoms with Gasteiger partial charge in [-0.2, -0.15) is 0 Å². The fraction of sp³-hybridized carbons (Fsp3) is 0.0714. The third-order valence-corrected chi connectivity index (χ3v) is 3.45. The molecule has 2 N–H and O–H groups in total. The van der Waals surface area contributed by atoms with Gasteiger partial charge in [0.1, 0.15) is 0 Å². The number of anilines is 2. The number of hydrogen-bond acceptors (Lipinski definition) is 2. The molecule has 0 saturated carbocycles. The zero-order valence-corrected chi connectivity index (χ0v) is 11.6. The fourth-order valence-corrected chi connectivity index (χ4v) is 2.04. The zero-order chi connectivity index (χ0) is 14.0. The molecule has 0 aromatic heterocycles. The number of carboxylic acid groups (broad SMARTS) is 1. The highest BCUT2D eigenvalue weighted by Crippen LogP contribution is 2.32. The molecule has 0 fully saturated rings. The molecule has 2 aromatic rings. The van der Waals surface area contributed by atoms with Crippen molar-refractivity contribution in [3.05, 3.63) is 57.6 Å². The average molecular weight is 296 g/mol. The van der Waals surface area contributed by atoms with Crippen LogP contribution in [-0.2, 0) is 0 Å². The van der Waals surface area contributed by atoms with E-state index in [0.717, 1.165) is 5.56 Å². The number of hydrogen-bond donors (Lipinski definition) is 2. The highest BCUT2D eigenvalue weighted by Gasteiger charge is 2.12. The van der Waals surface area contributed by atoms with Crippen LogP contribution in [0, 0.1) is 6.92 Å². The molecule has 0 aliphatic heterocycles. The Morgan fingerprint density at radius 3 is 2.58 bits per heavy atom.